The lowest BCUT2D eigenvalue weighted by Crippen LogP contribution is -2.28. The summed E-state index contributed by atoms with van der Waals surface area (Å²) in [4.78, 5) is 0. The first-order chi connectivity index (χ1) is 12.4. The fraction of sp³-hybridized carbons (Fsp3) is 0.100. The summed E-state index contributed by atoms with van der Waals surface area (Å²) in [7, 11) is 0. The minimum absolute atomic E-state index is 0. The normalized spacial score (nSPS) is 15.4. The van der Waals surface area contributed by atoms with Crippen LogP contribution in [0.25, 0.3) is 0 Å². The van der Waals surface area contributed by atoms with Gasteiger partial charge in [-0.15, -0.1) is 74.4 Å². The quantitative estimate of drug-likeness (QED) is 0.150. The zero-order valence-corrected chi connectivity index (χ0v) is 21.4. The first-order valence-electron chi connectivity index (χ1n) is 8.43. The topological polar surface area (TPSA) is 156 Å². The van der Waals surface area contributed by atoms with Crippen LogP contribution in [0.3, 0.4) is 0 Å². The van der Waals surface area contributed by atoms with Gasteiger partial charge in [-0.1, -0.05) is 0 Å². The number of hydrogen-bond acceptors (Lipinski definition) is 6. The molecule has 0 unspecified atom stereocenters. The van der Waals surface area contributed by atoms with Crippen LogP contribution in [0.1, 0.15) is 45.2 Å². The standard InChI is InChI=1S/C20H20N6.6ClH/c21-13-1-7-8(2-14(13)22)20-11-5-17(25)15(23)3-9(11)19(7)10-4-16(24)18(26)6-12(10)20;;;;;;/h1-6,19-20H,21-26H2;6*1H. The van der Waals surface area contributed by atoms with E-state index < -0.39 is 0 Å². The van der Waals surface area contributed by atoms with Gasteiger partial charge in [-0.05, 0) is 69.8 Å². The largest absolute Gasteiger partial charge is 0.397 e. The fourth-order valence-electron chi connectivity index (χ4n) is 4.51. The average molecular weight is 563 g/mol. The van der Waals surface area contributed by atoms with Gasteiger partial charge in [0.15, 0.2) is 0 Å². The molecule has 0 saturated heterocycles. The van der Waals surface area contributed by atoms with Crippen LogP contribution in [0, 0.1) is 0 Å². The Kier molecular flexibility index (Phi) is 11.0. The number of nitrogen functional groups attached to an aromatic ring is 6. The third-order valence-corrected chi connectivity index (χ3v) is 5.73. The molecule has 3 aliphatic rings. The highest BCUT2D eigenvalue weighted by Crippen LogP contribution is 2.58. The maximum Gasteiger partial charge on any atom is 0.0551 e. The van der Waals surface area contributed by atoms with Gasteiger partial charge < -0.3 is 34.4 Å². The van der Waals surface area contributed by atoms with Crippen molar-refractivity contribution >= 4 is 109 Å². The van der Waals surface area contributed by atoms with Crippen LogP contribution in [-0.2, 0) is 0 Å². The molecule has 2 bridgehead atoms. The fourth-order valence-corrected chi connectivity index (χ4v) is 4.51. The molecule has 0 radical (unpaired) electrons. The third-order valence-electron chi connectivity index (χ3n) is 5.73. The monoisotopic (exact) mass is 560 g/mol. The van der Waals surface area contributed by atoms with Gasteiger partial charge in [-0.25, -0.2) is 0 Å². The zero-order valence-electron chi connectivity index (χ0n) is 16.5. The second kappa shape index (κ2) is 10.9. The van der Waals surface area contributed by atoms with Gasteiger partial charge in [-0.2, -0.15) is 0 Å². The average Bonchev–Trinajstić information content (AvgIpc) is 2.58. The van der Waals surface area contributed by atoms with Gasteiger partial charge >= 0.3 is 0 Å². The number of anilines is 6. The minimum atomic E-state index is -0.0197. The highest BCUT2D eigenvalue weighted by atomic mass is 35.5. The molecular weight excluding hydrogens is 537 g/mol. The summed E-state index contributed by atoms with van der Waals surface area (Å²) in [5.74, 6) is -0.0394. The molecule has 0 amide bonds. The van der Waals surface area contributed by atoms with Crippen molar-refractivity contribution in [1.82, 2.24) is 0 Å². The third kappa shape index (κ3) is 4.23. The second-order valence-corrected chi connectivity index (χ2v) is 7.20. The highest BCUT2D eigenvalue weighted by molar-refractivity contribution is 5.86. The van der Waals surface area contributed by atoms with Crippen molar-refractivity contribution in [3.05, 3.63) is 69.8 Å². The zero-order chi connectivity index (χ0) is 18.3. The van der Waals surface area contributed by atoms with E-state index >= 15 is 0 Å². The van der Waals surface area contributed by atoms with Gasteiger partial charge in [-0.3, -0.25) is 0 Å². The summed E-state index contributed by atoms with van der Waals surface area (Å²) in [6.45, 7) is 0. The molecular formula is C20H26Cl6N6. The number of benzene rings is 3. The van der Waals surface area contributed by atoms with E-state index in [0.29, 0.717) is 34.1 Å². The Balaban J connectivity index is 0. The lowest BCUT2D eigenvalue weighted by molar-refractivity contribution is 0.757. The molecule has 0 aliphatic heterocycles. The van der Waals surface area contributed by atoms with Crippen molar-refractivity contribution in [3.8, 4) is 0 Å². The first-order valence-corrected chi connectivity index (χ1v) is 8.43. The minimum Gasteiger partial charge on any atom is -0.397 e. The molecule has 6 rings (SSSR count). The number of rotatable bonds is 0. The Morgan fingerprint density at radius 1 is 0.312 bits per heavy atom. The van der Waals surface area contributed by atoms with Crippen molar-refractivity contribution < 1.29 is 0 Å². The van der Waals surface area contributed by atoms with Crippen LogP contribution in [0.4, 0.5) is 34.1 Å². The molecule has 3 aliphatic carbocycles. The molecule has 3 aromatic rings. The molecule has 0 atom stereocenters. The maximum atomic E-state index is 6.11. The van der Waals surface area contributed by atoms with Crippen LogP contribution in [0.15, 0.2) is 36.4 Å². The number of hydrogen-bond donors (Lipinski definition) is 6. The molecule has 178 valence electrons. The SMILES string of the molecule is Cl.Cl.Cl.Cl.Cl.Cl.Nc1cc2c(cc1N)C1c3cc(N)c(N)cc3C2c2cc(N)c(N)cc21. The number of halogens is 6. The molecule has 0 fully saturated rings. The van der Waals surface area contributed by atoms with E-state index in [9.17, 15) is 0 Å². The van der Waals surface area contributed by atoms with E-state index in [1.165, 1.54) is 0 Å². The molecule has 12 N–H and O–H groups in total. The van der Waals surface area contributed by atoms with Gasteiger partial charge in [0.1, 0.15) is 0 Å². The molecule has 0 saturated carbocycles. The summed E-state index contributed by atoms with van der Waals surface area (Å²) in [6.07, 6.45) is 0. The van der Waals surface area contributed by atoms with Crippen LogP contribution < -0.4 is 34.4 Å². The van der Waals surface area contributed by atoms with E-state index in [1.54, 1.807) is 0 Å². The van der Waals surface area contributed by atoms with Crippen molar-refractivity contribution in [3.63, 3.8) is 0 Å². The van der Waals surface area contributed by atoms with E-state index in [0.717, 1.165) is 33.4 Å². The summed E-state index contributed by atoms with van der Waals surface area (Å²) < 4.78 is 0. The van der Waals surface area contributed by atoms with Gasteiger partial charge in [0.25, 0.3) is 0 Å². The lowest BCUT2D eigenvalue weighted by Gasteiger charge is -2.43. The van der Waals surface area contributed by atoms with E-state index in [4.69, 9.17) is 34.4 Å². The van der Waals surface area contributed by atoms with Crippen molar-refractivity contribution in [2.45, 2.75) is 11.8 Å². The summed E-state index contributed by atoms with van der Waals surface area (Å²) in [5, 5.41) is 0. The Morgan fingerprint density at radius 3 is 0.562 bits per heavy atom. The predicted molar refractivity (Wildman–Crippen MR) is 151 cm³/mol. The Bertz CT molecular complexity index is 912. The molecule has 12 heteroatoms. The number of nitrogens with two attached hydrogens (primary N) is 6. The Hall–Kier alpha value is -1.80. The summed E-state index contributed by atoms with van der Waals surface area (Å²) in [5.41, 5.74) is 46.9. The van der Waals surface area contributed by atoms with Crippen molar-refractivity contribution in [2.75, 3.05) is 34.4 Å². The first kappa shape index (κ1) is 32.4. The van der Waals surface area contributed by atoms with Crippen molar-refractivity contribution in [2.24, 2.45) is 0 Å². The maximum absolute atomic E-state index is 6.11. The van der Waals surface area contributed by atoms with Gasteiger partial charge in [0, 0.05) is 11.8 Å². The molecule has 32 heavy (non-hydrogen) atoms. The highest BCUT2D eigenvalue weighted by Gasteiger charge is 2.42. The summed E-state index contributed by atoms with van der Waals surface area (Å²) >= 11 is 0. The molecule has 0 spiro atoms. The van der Waals surface area contributed by atoms with E-state index in [2.05, 4.69) is 0 Å². The van der Waals surface area contributed by atoms with Crippen LogP contribution >= 0.6 is 74.4 Å². The van der Waals surface area contributed by atoms with Crippen LogP contribution in [0.2, 0.25) is 0 Å². The van der Waals surface area contributed by atoms with Gasteiger partial charge in [0.05, 0.1) is 34.1 Å². The van der Waals surface area contributed by atoms with Crippen LogP contribution in [0.5, 0.6) is 0 Å². The molecule has 0 aromatic heterocycles. The predicted octanol–water partition coefficient (Wildman–Crippen LogP) is 4.70. The Labute approximate surface area is 223 Å². The smallest absolute Gasteiger partial charge is 0.0551 e. The molecule has 3 aromatic carbocycles. The van der Waals surface area contributed by atoms with E-state index in [1.807, 2.05) is 36.4 Å². The van der Waals surface area contributed by atoms with Gasteiger partial charge in [0.2, 0.25) is 0 Å². The van der Waals surface area contributed by atoms with Crippen LogP contribution in [-0.4, -0.2) is 0 Å². The summed E-state index contributed by atoms with van der Waals surface area (Å²) in [6, 6.07) is 11.8. The Morgan fingerprint density at radius 2 is 0.438 bits per heavy atom. The van der Waals surface area contributed by atoms with E-state index in [-0.39, 0.29) is 86.3 Å². The lowest BCUT2D eigenvalue weighted by atomic mass is 9.60. The second-order valence-electron chi connectivity index (χ2n) is 7.20. The molecule has 6 nitrogen and oxygen atoms in total. The molecule has 0 heterocycles. The van der Waals surface area contributed by atoms with Crippen molar-refractivity contribution in [1.29, 1.82) is 0 Å².